The lowest BCUT2D eigenvalue weighted by Gasteiger charge is -2.33. The standard InChI is InChI=1S/C24H26N6O3/c31-23-12-10-19(26-29-23)17-6-1-2-7-18(17)25-24(32)16-5-3-13-30(15-16)22-11-9-20(27-28-22)21-8-4-14-33-21/h1-2,4,6-9,11,14,16,19,26H,3,5,10,12-13,15H2,(H,25,32)(H,29,31). The molecule has 170 valence electrons. The number of nitrogens with zero attached hydrogens (tertiary/aromatic N) is 3. The van der Waals surface area contributed by atoms with E-state index in [1.54, 1.807) is 6.26 Å². The van der Waals surface area contributed by atoms with Crippen LogP contribution in [0, 0.1) is 5.92 Å². The van der Waals surface area contributed by atoms with Crippen LogP contribution in [0.5, 0.6) is 0 Å². The highest BCUT2D eigenvalue weighted by Gasteiger charge is 2.28. The average Bonchev–Trinajstić information content (AvgIpc) is 3.40. The number of furan rings is 1. The molecule has 2 amide bonds. The summed E-state index contributed by atoms with van der Waals surface area (Å²) in [4.78, 5) is 26.7. The van der Waals surface area contributed by atoms with Gasteiger partial charge in [0.1, 0.15) is 5.69 Å². The lowest BCUT2D eigenvalue weighted by molar-refractivity contribution is -0.124. The number of hydrogen-bond donors (Lipinski definition) is 3. The molecule has 2 unspecified atom stereocenters. The third-order valence-corrected chi connectivity index (χ3v) is 6.18. The van der Waals surface area contributed by atoms with Crippen LogP contribution in [0.2, 0.25) is 0 Å². The Kier molecular flexibility index (Phi) is 6.03. The number of anilines is 2. The van der Waals surface area contributed by atoms with Gasteiger partial charge >= 0.3 is 0 Å². The first-order valence-electron chi connectivity index (χ1n) is 11.2. The highest BCUT2D eigenvalue weighted by Crippen LogP contribution is 2.29. The van der Waals surface area contributed by atoms with Crippen LogP contribution in [0.1, 0.15) is 37.3 Å². The number of carbonyl (C=O) groups is 2. The minimum absolute atomic E-state index is 0.00726. The number of amides is 2. The summed E-state index contributed by atoms with van der Waals surface area (Å²) in [6.45, 7) is 1.42. The SMILES string of the molecule is O=C1CCC(c2ccccc2NC(=O)C2CCCN(c3ccc(-c4ccco4)nn3)C2)NN1. The highest BCUT2D eigenvalue weighted by molar-refractivity contribution is 5.94. The van der Waals surface area contributed by atoms with Crippen LogP contribution in [0.4, 0.5) is 11.5 Å². The predicted octanol–water partition coefficient (Wildman–Crippen LogP) is 3.05. The molecule has 3 N–H and O–H groups in total. The first-order valence-corrected chi connectivity index (χ1v) is 11.2. The van der Waals surface area contributed by atoms with Crippen molar-refractivity contribution in [3.63, 3.8) is 0 Å². The van der Waals surface area contributed by atoms with E-state index in [1.807, 2.05) is 48.5 Å². The van der Waals surface area contributed by atoms with Crippen LogP contribution in [-0.4, -0.2) is 35.1 Å². The molecule has 2 aromatic heterocycles. The van der Waals surface area contributed by atoms with E-state index in [1.165, 1.54) is 0 Å². The fourth-order valence-corrected chi connectivity index (χ4v) is 4.41. The van der Waals surface area contributed by atoms with E-state index in [4.69, 9.17) is 4.42 Å². The Morgan fingerprint density at radius 2 is 2.00 bits per heavy atom. The normalized spacial score (nSPS) is 20.8. The third kappa shape index (κ3) is 4.73. The molecule has 9 heteroatoms. The molecule has 0 radical (unpaired) electrons. The van der Waals surface area contributed by atoms with E-state index >= 15 is 0 Å². The molecule has 33 heavy (non-hydrogen) atoms. The summed E-state index contributed by atoms with van der Waals surface area (Å²) in [6.07, 6.45) is 4.47. The number of nitrogens with one attached hydrogen (secondary N) is 3. The van der Waals surface area contributed by atoms with Crippen molar-refractivity contribution in [1.82, 2.24) is 21.0 Å². The number of para-hydroxylation sites is 1. The summed E-state index contributed by atoms with van der Waals surface area (Å²) < 4.78 is 5.37. The van der Waals surface area contributed by atoms with Crippen LogP contribution in [0.3, 0.4) is 0 Å². The second kappa shape index (κ2) is 9.41. The maximum Gasteiger partial charge on any atom is 0.234 e. The number of carbonyl (C=O) groups excluding carboxylic acids is 2. The molecule has 9 nitrogen and oxygen atoms in total. The summed E-state index contributed by atoms with van der Waals surface area (Å²) in [5, 5.41) is 11.8. The number of piperidine rings is 1. The number of hydrazine groups is 1. The minimum Gasteiger partial charge on any atom is -0.463 e. The summed E-state index contributed by atoms with van der Waals surface area (Å²) in [5.74, 6) is 1.25. The van der Waals surface area contributed by atoms with Crippen LogP contribution < -0.4 is 21.1 Å². The second-order valence-corrected chi connectivity index (χ2v) is 8.40. The van der Waals surface area contributed by atoms with Crippen molar-refractivity contribution in [2.24, 2.45) is 5.92 Å². The summed E-state index contributed by atoms with van der Waals surface area (Å²) in [6, 6.07) is 15.2. The van der Waals surface area contributed by atoms with E-state index in [2.05, 4.69) is 31.3 Å². The Bertz CT molecular complexity index is 1110. The molecule has 2 aliphatic rings. The first-order chi connectivity index (χ1) is 16.2. The number of aromatic nitrogens is 2. The van der Waals surface area contributed by atoms with Crippen molar-refractivity contribution >= 4 is 23.3 Å². The average molecular weight is 447 g/mol. The van der Waals surface area contributed by atoms with Crippen molar-refractivity contribution in [3.05, 3.63) is 60.4 Å². The lowest BCUT2D eigenvalue weighted by atomic mass is 9.95. The largest absolute Gasteiger partial charge is 0.463 e. The zero-order chi connectivity index (χ0) is 22.6. The van der Waals surface area contributed by atoms with Crippen molar-refractivity contribution in [2.75, 3.05) is 23.3 Å². The molecular weight excluding hydrogens is 420 g/mol. The van der Waals surface area contributed by atoms with Gasteiger partial charge in [0.05, 0.1) is 18.2 Å². The summed E-state index contributed by atoms with van der Waals surface area (Å²) in [7, 11) is 0. The molecule has 2 atom stereocenters. The van der Waals surface area contributed by atoms with Gasteiger partial charge in [-0.3, -0.25) is 15.0 Å². The molecule has 0 bridgehead atoms. The predicted molar refractivity (Wildman–Crippen MR) is 123 cm³/mol. The Hall–Kier alpha value is -3.72. The quantitative estimate of drug-likeness (QED) is 0.552. The molecular formula is C24H26N6O3. The molecule has 2 fully saturated rings. The molecule has 0 spiro atoms. The van der Waals surface area contributed by atoms with Gasteiger partial charge in [0.2, 0.25) is 11.8 Å². The van der Waals surface area contributed by atoms with E-state index in [9.17, 15) is 9.59 Å². The van der Waals surface area contributed by atoms with Gasteiger partial charge in [0, 0.05) is 25.2 Å². The Balaban J connectivity index is 1.25. The van der Waals surface area contributed by atoms with Crippen molar-refractivity contribution in [3.8, 4) is 11.5 Å². The van der Waals surface area contributed by atoms with E-state index in [-0.39, 0.29) is 23.8 Å². The molecule has 1 aromatic carbocycles. The number of rotatable bonds is 5. The third-order valence-electron chi connectivity index (χ3n) is 6.18. The van der Waals surface area contributed by atoms with E-state index in [0.717, 1.165) is 36.5 Å². The molecule has 2 aliphatic heterocycles. The smallest absolute Gasteiger partial charge is 0.234 e. The summed E-state index contributed by atoms with van der Waals surface area (Å²) in [5.41, 5.74) is 8.15. The second-order valence-electron chi connectivity index (χ2n) is 8.40. The summed E-state index contributed by atoms with van der Waals surface area (Å²) >= 11 is 0. The fraction of sp³-hybridized carbons (Fsp3) is 0.333. The monoisotopic (exact) mass is 446 g/mol. The Morgan fingerprint density at radius 1 is 1.09 bits per heavy atom. The van der Waals surface area contributed by atoms with Crippen LogP contribution in [0.25, 0.3) is 11.5 Å². The van der Waals surface area contributed by atoms with Crippen LogP contribution in [0.15, 0.2) is 59.2 Å². The Labute approximate surface area is 191 Å². The topological polar surface area (TPSA) is 112 Å². The molecule has 5 rings (SSSR count). The fourth-order valence-electron chi connectivity index (χ4n) is 4.41. The molecule has 4 heterocycles. The zero-order valence-electron chi connectivity index (χ0n) is 18.2. The maximum atomic E-state index is 13.2. The number of hydrogen-bond acceptors (Lipinski definition) is 7. The van der Waals surface area contributed by atoms with E-state index < -0.39 is 0 Å². The van der Waals surface area contributed by atoms with Gasteiger partial charge in [-0.1, -0.05) is 18.2 Å². The van der Waals surface area contributed by atoms with Crippen molar-refractivity contribution in [1.29, 1.82) is 0 Å². The van der Waals surface area contributed by atoms with Gasteiger partial charge in [0.25, 0.3) is 0 Å². The maximum absolute atomic E-state index is 13.2. The molecule has 0 aliphatic carbocycles. The van der Waals surface area contributed by atoms with Crippen LogP contribution in [-0.2, 0) is 9.59 Å². The van der Waals surface area contributed by atoms with Crippen molar-refractivity contribution in [2.45, 2.75) is 31.7 Å². The molecule has 2 saturated heterocycles. The minimum atomic E-state index is -0.155. The zero-order valence-corrected chi connectivity index (χ0v) is 18.2. The Morgan fingerprint density at radius 3 is 2.76 bits per heavy atom. The number of benzene rings is 1. The van der Waals surface area contributed by atoms with Gasteiger partial charge < -0.3 is 14.6 Å². The van der Waals surface area contributed by atoms with Crippen molar-refractivity contribution < 1.29 is 14.0 Å². The van der Waals surface area contributed by atoms with Gasteiger partial charge in [-0.15, -0.1) is 10.2 Å². The van der Waals surface area contributed by atoms with Gasteiger partial charge in [-0.05, 0) is 55.2 Å². The van der Waals surface area contributed by atoms with Gasteiger partial charge in [-0.2, -0.15) is 0 Å². The molecule has 3 aromatic rings. The highest BCUT2D eigenvalue weighted by atomic mass is 16.3. The van der Waals surface area contributed by atoms with Gasteiger partial charge in [0.15, 0.2) is 11.6 Å². The van der Waals surface area contributed by atoms with E-state index in [0.29, 0.717) is 30.8 Å². The molecule has 0 saturated carbocycles. The lowest BCUT2D eigenvalue weighted by Crippen LogP contribution is -2.45. The first kappa shape index (κ1) is 21.1. The van der Waals surface area contributed by atoms with Gasteiger partial charge in [-0.25, -0.2) is 5.43 Å². The van der Waals surface area contributed by atoms with Crippen LogP contribution >= 0.6 is 0 Å².